The van der Waals surface area contributed by atoms with E-state index < -0.39 is 17.2 Å². The van der Waals surface area contributed by atoms with Crippen LogP contribution in [-0.4, -0.2) is 42.9 Å². The summed E-state index contributed by atoms with van der Waals surface area (Å²) in [5.41, 5.74) is 16.5. The van der Waals surface area contributed by atoms with Gasteiger partial charge in [-0.2, -0.15) is 0 Å². The maximum absolute atomic E-state index is 12.5. The fourth-order valence-corrected chi connectivity index (χ4v) is 4.77. The number of rotatable bonds is 7. The zero-order valence-electron chi connectivity index (χ0n) is 19.1. The maximum atomic E-state index is 12.5. The number of nitrogens with zero attached hydrogens (tertiary/aromatic N) is 1. The second kappa shape index (κ2) is 9.73. The molecule has 2 aromatic carbocycles. The van der Waals surface area contributed by atoms with E-state index in [0.29, 0.717) is 12.0 Å². The Morgan fingerprint density at radius 3 is 2.58 bits per heavy atom. The van der Waals surface area contributed by atoms with Crippen LogP contribution in [0.2, 0.25) is 0 Å². The zero-order chi connectivity index (χ0) is 23.4. The summed E-state index contributed by atoms with van der Waals surface area (Å²) in [6.45, 7) is 7.21. The minimum atomic E-state index is -0.963. The van der Waals surface area contributed by atoms with Crippen LogP contribution in [0.3, 0.4) is 0 Å². The summed E-state index contributed by atoms with van der Waals surface area (Å²) in [5.74, 6) is -0.971. The quantitative estimate of drug-likeness (QED) is 0.611. The van der Waals surface area contributed by atoms with Crippen LogP contribution in [0.1, 0.15) is 23.1 Å². The number of hydrogen-bond donors (Lipinski definition) is 3. The van der Waals surface area contributed by atoms with Crippen molar-refractivity contribution in [3.63, 3.8) is 0 Å². The van der Waals surface area contributed by atoms with Gasteiger partial charge in [-0.3, -0.25) is 14.5 Å². The van der Waals surface area contributed by atoms with Crippen LogP contribution < -0.4 is 16.8 Å². The molecule has 1 saturated heterocycles. The first-order chi connectivity index (χ1) is 15.9. The Morgan fingerprint density at radius 1 is 1.06 bits per heavy atom. The Labute approximate surface area is 195 Å². The number of nitrogens with two attached hydrogens (primary N) is 2. The van der Waals surface area contributed by atoms with Crippen molar-refractivity contribution < 1.29 is 9.59 Å². The standard InChI is InChI=1S/C27H32N4O2/c1-19-7-8-20(16-27(26(29)33)9-3-6-23(17-27)25(28)32)15-24(19)22-5-2-4-21(14-22)18-31-12-10-30-11-13-31/h2-9,14-15,30H,10-13,16-18H2,1H3,(H2,28,32)(H2,29,33). The van der Waals surface area contributed by atoms with Crippen LogP contribution in [0.4, 0.5) is 0 Å². The van der Waals surface area contributed by atoms with Gasteiger partial charge in [0.2, 0.25) is 11.8 Å². The van der Waals surface area contributed by atoms with E-state index in [9.17, 15) is 9.59 Å². The Balaban J connectivity index is 1.60. The number of nitrogens with one attached hydrogen (secondary N) is 1. The van der Waals surface area contributed by atoms with Gasteiger partial charge in [-0.05, 0) is 53.6 Å². The number of amides is 2. The predicted molar refractivity (Wildman–Crippen MR) is 131 cm³/mol. The van der Waals surface area contributed by atoms with Gasteiger partial charge in [-0.1, -0.05) is 54.6 Å². The molecule has 0 radical (unpaired) electrons. The lowest BCUT2D eigenvalue weighted by Crippen LogP contribution is -2.42. The average molecular weight is 445 g/mol. The third kappa shape index (κ3) is 5.24. The first-order valence-electron chi connectivity index (χ1n) is 11.5. The fraction of sp³-hybridized carbons (Fsp3) is 0.333. The molecule has 2 aromatic rings. The third-order valence-corrected chi connectivity index (χ3v) is 6.70. The molecule has 0 aromatic heterocycles. The molecule has 172 valence electrons. The Kier molecular flexibility index (Phi) is 6.77. The highest BCUT2D eigenvalue weighted by Gasteiger charge is 2.37. The van der Waals surface area contributed by atoms with Gasteiger partial charge in [-0.15, -0.1) is 0 Å². The first kappa shape index (κ1) is 23.0. The van der Waals surface area contributed by atoms with E-state index in [-0.39, 0.29) is 6.42 Å². The summed E-state index contributed by atoms with van der Waals surface area (Å²) in [4.78, 5) is 26.7. The lowest BCUT2D eigenvalue weighted by Gasteiger charge is -2.30. The van der Waals surface area contributed by atoms with Gasteiger partial charge in [0.05, 0.1) is 5.41 Å². The third-order valence-electron chi connectivity index (χ3n) is 6.70. The topological polar surface area (TPSA) is 101 Å². The molecule has 5 N–H and O–H groups in total. The number of aryl methyl sites for hydroxylation is 1. The highest BCUT2D eigenvalue weighted by molar-refractivity contribution is 5.95. The lowest BCUT2D eigenvalue weighted by molar-refractivity contribution is -0.125. The Morgan fingerprint density at radius 2 is 1.85 bits per heavy atom. The molecule has 1 aliphatic heterocycles. The monoisotopic (exact) mass is 444 g/mol. The van der Waals surface area contributed by atoms with Crippen LogP contribution >= 0.6 is 0 Å². The fourth-order valence-electron chi connectivity index (χ4n) is 4.77. The smallest absolute Gasteiger partial charge is 0.244 e. The van der Waals surface area contributed by atoms with Gasteiger partial charge in [0.1, 0.15) is 0 Å². The van der Waals surface area contributed by atoms with E-state index in [0.717, 1.165) is 49.4 Å². The van der Waals surface area contributed by atoms with E-state index in [2.05, 4.69) is 53.5 Å². The molecule has 1 aliphatic carbocycles. The van der Waals surface area contributed by atoms with Gasteiger partial charge in [0, 0.05) is 38.3 Å². The van der Waals surface area contributed by atoms with Gasteiger partial charge in [0.15, 0.2) is 0 Å². The molecule has 4 rings (SSSR count). The summed E-state index contributed by atoms with van der Waals surface area (Å²) in [7, 11) is 0. The second-order valence-electron chi connectivity index (χ2n) is 9.17. The molecule has 6 heteroatoms. The normalized spacial score (nSPS) is 20.9. The van der Waals surface area contributed by atoms with E-state index >= 15 is 0 Å². The van der Waals surface area contributed by atoms with Crippen molar-refractivity contribution in [2.75, 3.05) is 26.2 Å². The summed E-state index contributed by atoms with van der Waals surface area (Å²) in [6.07, 6.45) is 5.81. The summed E-state index contributed by atoms with van der Waals surface area (Å²) in [6, 6.07) is 14.9. The lowest BCUT2D eigenvalue weighted by atomic mass is 9.73. The molecule has 2 amide bonds. The number of allylic oxidation sites excluding steroid dienone is 2. The van der Waals surface area contributed by atoms with Crippen molar-refractivity contribution in [3.8, 4) is 11.1 Å². The van der Waals surface area contributed by atoms with Crippen molar-refractivity contribution >= 4 is 11.8 Å². The van der Waals surface area contributed by atoms with Crippen molar-refractivity contribution in [2.45, 2.75) is 26.3 Å². The second-order valence-corrected chi connectivity index (χ2v) is 9.17. The van der Waals surface area contributed by atoms with Crippen LogP contribution in [0.15, 0.2) is 66.3 Å². The molecule has 2 aliphatic rings. The number of carbonyl (C=O) groups is 2. The van der Waals surface area contributed by atoms with Gasteiger partial charge in [-0.25, -0.2) is 0 Å². The molecule has 33 heavy (non-hydrogen) atoms. The minimum absolute atomic E-state index is 0.220. The molecule has 1 unspecified atom stereocenters. The zero-order valence-corrected chi connectivity index (χ0v) is 19.1. The molecule has 0 spiro atoms. The van der Waals surface area contributed by atoms with E-state index in [4.69, 9.17) is 11.5 Å². The number of carbonyl (C=O) groups excluding carboxylic acids is 2. The van der Waals surface area contributed by atoms with Crippen LogP contribution in [0.25, 0.3) is 11.1 Å². The van der Waals surface area contributed by atoms with Crippen molar-refractivity contribution in [1.29, 1.82) is 0 Å². The summed E-state index contributed by atoms with van der Waals surface area (Å²) < 4.78 is 0. The van der Waals surface area contributed by atoms with E-state index in [1.54, 1.807) is 18.2 Å². The highest BCUT2D eigenvalue weighted by Crippen LogP contribution is 2.36. The molecule has 1 atom stereocenters. The van der Waals surface area contributed by atoms with Crippen LogP contribution in [0.5, 0.6) is 0 Å². The van der Waals surface area contributed by atoms with Gasteiger partial charge < -0.3 is 16.8 Å². The average Bonchev–Trinajstić information content (AvgIpc) is 2.81. The molecule has 0 saturated carbocycles. The SMILES string of the molecule is Cc1ccc(CC2(C(N)=O)C=CC=C(C(N)=O)C2)cc1-c1cccc(CN2CCNCC2)c1. The first-order valence-corrected chi connectivity index (χ1v) is 11.5. The summed E-state index contributed by atoms with van der Waals surface area (Å²) >= 11 is 0. The van der Waals surface area contributed by atoms with E-state index in [1.807, 2.05) is 6.07 Å². The van der Waals surface area contributed by atoms with Crippen molar-refractivity contribution in [3.05, 3.63) is 83.0 Å². The molecular weight excluding hydrogens is 412 g/mol. The number of benzene rings is 2. The molecular formula is C27H32N4O2. The van der Waals surface area contributed by atoms with Gasteiger partial charge >= 0.3 is 0 Å². The van der Waals surface area contributed by atoms with Crippen molar-refractivity contribution in [2.24, 2.45) is 16.9 Å². The predicted octanol–water partition coefficient (Wildman–Crippen LogP) is 2.45. The number of primary amides is 2. The van der Waals surface area contributed by atoms with Gasteiger partial charge in [0.25, 0.3) is 0 Å². The number of hydrogen-bond acceptors (Lipinski definition) is 4. The number of piperazine rings is 1. The maximum Gasteiger partial charge on any atom is 0.244 e. The molecule has 1 fully saturated rings. The van der Waals surface area contributed by atoms with Crippen LogP contribution in [-0.2, 0) is 22.6 Å². The molecule has 6 nitrogen and oxygen atoms in total. The molecule has 0 bridgehead atoms. The minimum Gasteiger partial charge on any atom is -0.369 e. The summed E-state index contributed by atoms with van der Waals surface area (Å²) in [5, 5.41) is 3.40. The largest absolute Gasteiger partial charge is 0.369 e. The molecule has 1 heterocycles. The van der Waals surface area contributed by atoms with Crippen LogP contribution in [0, 0.1) is 12.3 Å². The van der Waals surface area contributed by atoms with E-state index in [1.165, 1.54) is 11.1 Å². The Hall–Kier alpha value is -3.22. The van der Waals surface area contributed by atoms with Crippen molar-refractivity contribution in [1.82, 2.24) is 10.2 Å². The Bertz CT molecular complexity index is 1110. The highest BCUT2D eigenvalue weighted by atomic mass is 16.1.